The maximum Gasteiger partial charge on any atom is 0.243 e. The van der Waals surface area contributed by atoms with Crippen molar-refractivity contribution in [3.05, 3.63) is 84.4 Å². The summed E-state index contributed by atoms with van der Waals surface area (Å²) in [7, 11) is 0. The summed E-state index contributed by atoms with van der Waals surface area (Å²) in [5, 5.41) is 0. The van der Waals surface area contributed by atoms with E-state index in [1.54, 1.807) is 17.4 Å². The second kappa shape index (κ2) is 9.72. The van der Waals surface area contributed by atoms with Crippen molar-refractivity contribution < 1.29 is 9.21 Å². The first kappa shape index (κ1) is 20.4. The second-order valence-electron chi connectivity index (χ2n) is 8.05. The third kappa shape index (κ3) is 4.97. The first-order chi connectivity index (χ1) is 14.7. The summed E-state index contributed by atoms with van der Waals surface area (Å²) < 4.78 is 5.57. The molecule has 0 saturated carbocycles. The van der Waals surface area contributed by atoms with Crippen LogP contribution in [0.15, 0.2) is 77.5 Å². The monoisotopic (exact) mass is 403 g/mol. The molecule has 2 aromatic heterocycles. The summed E-state index contributed by atoms with van der Waals surface area (Å²) in [5.41, 5.74) is 1.40. The van der Waals surface area contributed by atoms with Crippen LogP contribution in [0.1, 0.15) is 37.1 Å². The van der Waals surface area contributed by atoms with E-state index in [4.69, 9.17) is 4.42 Å². The topological polar surface area (TPSA) is 49.6 Å². The predicted octanol–water partition coefficient (Wildman–Crippen LogP) is 4.72. The molecule has 1 amide bonds. The maximum absolute atomic E-state index is 13.3. The standard InChI is InChI=1S/C25H29N3O2/c1-20(23-10-7-17-30-23)28(24-11-5-6-14-26-24)25(29)19-27-15-12-22(13-16-27)18-21-8-3-2-4-9-21/h2-11,14,17,20,22H,12-13,15-16,18-19H2,1H3/t20-/m0/s1. The highest BCUT2D eigenvalue weighted by atomic mass is 16.3. The first-order valence-electron chi connectivity index (χ1n) is 10.7. The molecule has 156 valence electrons. The largest absolute Gasteiger partial charge is 0.467 e. The number of rotatable bonds is 7. The molecule has 0 bridgehead atoms. The van der Waals surface area contributed by atoms with E-state index in [-0.39, 0.29) is 11.9 Å². The highest BCUT2D eigenvalue weighted by Gasteiger charge is 2.29. The van der Waals surface area contributed by atoms with Gasteiger partial charge in [-0.15, -0.1) is 0 Å². The van der Waals surface area contributed by atoms with Gasteiger partial charge in [0.15, 0.2) is 0 Å². The molecule has 3 aromatic rings. The van der Waals surface area contributed by atoms with Gasteiger partial charge < -0.3 is 4.42 Å². The minimum atomic E-state index is -0.210. The van der Waals surface area contributed by atoms with Crippen molar-refractivity contribution in [2.75, 3.05) is 24.5 Å². The maximum atomic E-state index is 13.3. The molecule has 3 heterocycles. The van der Waals surface area contributed by atoms with Gasteiger partial charge in [0.1, 0.15) is 11.6 Å². The first-order valence-corrected chi connectivity index (χ1v) is 10.7. The average Bonchev–Trinajstić information content (AvgIpc) is 3.32. The van der Waals surface area contributed by atoms with Crippen molar-refractivity contribution in [3.63, 3.8) is 0 Å². The number of nitrogens with zero attached hydrogens (tertiary/aromatic N) is 3. The molecule has 0 unspecified atom stereocenters. The molecule has 5 heteroatoms. The minimum Gasteiger partial charge on any atom is -0.467 e. The number of carbonyl (C=O) groups excluding carboxylic acids is 1. The molecule has 1 aliphatic rings. The summed E-state index contributed by atoms with van der Waals surface area (Å²) in [5.74, 6) is 2.16. The third-order valence-electron chi connectivity index (χ3n) is 5.94. The van der Waals surface area contributed by atoms with Gasteiger partial charge in [-0.25, -0.2) is 4.98 Å². The van der Waals surface area contributed by atoms with Crippen LogP contribution in [0.2, 0.25) is 0 Å². The molecule has 30 heavy (non-hydrogen) atoms. The van der Waals surface area contributed by atoms with Gasteiger partial charge in [0.25, 0.3) is 0 Å². The molecule has 1 aromatic carbocycles. The van der Waals surface area contributed by atoms with Gasteiger partial charge in [-0.05, 0) is 75.0 Å². The SMILES string of the molecule is C[C@@H](c1ccco1)N(C(=O)CN1CCC(Cc2ccccc2)CC1)c1ccccn1. The summed E-state index contributed by atoms with van der Waals surface area (Å²) in [6.07, 6.45) is 6.74. The van der Waals surface area contributed by atoms with Crippen LogP contribution in [0.3, 0.4) is 0 Å². The molecule has 0 aliphatic carbocycles. The number of pyridine rings is 1. The fourth-order valence-electron chi connectivity index (χ4n) is 4.26. The van der Waals surface area contributed by atoms with Crippen molar-refractivity contribution in [2.45, 2.75) is 32.2 Å². The zero-order valence-corrected chi connectivity index (χ0v) is 17.5. The minimum absolute atomic E-state index is 0.0547. The van der Waals surface area contributed by atoms with Crippen molar-refractivity contribution in [2.24, 2.45) is 5.92 Å². The number of furan rings is 1. The smallest absolute Gasteiger partial charge is 0.243 e. The van der Waals surface area contributed by atoms with Crippen LogP contribution in [0, 0.1) is 5.92 Å². The normalized spacial score (nSPS) is 16.3. The summed E-state index contributed by atoms with van der Waals surface area (Å²) in [6.45, 7) is 4.29. The molecular formula is C25H29N3O2. The Morgan fingerprint density at radius 2 is 1.87 bits per heavy atom. The van der Waals surface area contributed by atoms with Crippen LogP contribution >= 0.6 is 0 Å². The van der Waals surface area contributed by atoms with Crippen molar-refractivity contribution in [3.8, 4) is 0 Å². The lowest BCUT2D eigenvalue weighted by molar-refractivity contribution is -0.120. The van der Waals surface area contributed by atoms with E-state index in [2.05, 4.69) is 40.2 Å². The molecule has 1 atom stereocenters. The van der Waals surface area contributed by atoms with E-state index in [0.717, 1.165) is 38.1 Å². The van der Waals surface area contributed by atoms with E-state index in [0.29, 0.717) is 18.3 Å². The lowest BCUT2D eigenvalue weighted by atomic mass is 9.90. The van der Waals surface area contributed by atoms with E-state index < -0.39 is 0 Å². The number of amides is 1. The summed E-state index contributed by atoms with van der Waals surface area (Å²) >= 11 is 0. The van der Waals surface area contributed by atoms with Crippen molar-refractivity contribution in [1.82, 2.24) is 9.88 Å². The molecule has 1 fully saturated rings. The van der Waals surface area contributed by atoms with Gasteiger partial charge in [0.05, 0.1) is 18.8 Å². The molecular weight excluding hydrogens is 374 g/mol. The van der Waals surface area contributed by atoms with E-state index in [1.807, 2.05) is 37.3 Å². The van der Waals surface area contributed by atoms with Crippen LogP contribution in [0.25, 0.3) is 0 Å². The van der Waals surface area contributed by atoms with Crippen LogP contribution in [0.4, 0.5) is 5.82 Å². The Balaban J connectivity index is 1.38. The van der Waals surface area contributed by atoms with E-state index in [9.17, 15) is 4.79 Å². The number of anilines is 1. The lowest BCUT2D eigenvalue weighted by Gasteiger charge is -2.34. The van der Waals surface area contributed by atoms with Gasteiger partial charge >= 0.3 is 0 Å². The Labute approximate surface area is 178 Å². The molecule has 1 saturated heterocycles. The average molecular weight is 404 g/mol. The molecule has 0 spiro atoms. The van der Waals surface area contributed by atoms with Gasteiger partial charge in [-0.3, -0.25) is 14.6 Å². The van der Waals surface area contributed by atoms with Crippen molar-refractivity contribution >= 4 is 11.7 Å². The Morgan fingerprint density at radius 1 is 1.10 bits per heavy atom. The Kier molecular flexibility index (Phi) is 6.60. The Bertz CT molecular complexity index is 904. The van der Waals surface area contributed by atoms with E-state index in [1.165, 1.54) is 5.56 Å². The molecule has 0 radical (unpaired) electrons. The van der Waals surface area contributed by atoms with Gasteiger partial charge in [0.2, 0.25) is 5.91 Å². The number of aromatic nitrogens is 1. The molecule has 5 nitrogen and oxygen atoms in total. The number of carbonyl (C=O) groups is 1. The number of hydrogen-bond acceptors (Lipinski definition) is 4. The Morgan fingerprint density at radius 3 is 2.53 bits per heavy atom. The van der Waals surface area contributed by atoms with Gasteiger partial charge in [0, 0.05) is 6.20 Å². The predicted molar refractivity (Wildman–Crippen MR) is 118 cm³/mol. The van der Waals surface area contributed by atoms with Crippen LogP contribution < -0.4 is 4.90 Å². The zero-order valence-electron chi connectivity index (χ0n) is 17.5. The molecule has 4 rings (SSSR count). The van der Waals surface area contributed by atoms with Crippen molar-refractivity contribution in [1.29, 1.82) is 0 Å². The fourth-order valence-corrected chi connectivity index (χ4v) is 4.26. The second-order valence-corrected chi connectivity index (χ2v) is 8.05. The molecule has 0 N–H and O–H groups in total. The summed E-state index contributed by atoms with van der Waals surface area (Å²) in [4.78, 5) is 21.8. The quantitative estimate of drug-likeness (QED) is 0.573. The Hall–Kier alpha value is -2.92. The van der Waals surface area contributed by atoms with Crippen LogP contribution in [-0.4, -0.2) is 35.4 Å². The fraction of sp³-hybridized carbons (Fsp3) is 0.360. The van der Waals surface area contributed by atoms with E-state index >= 15 is 0 Å². The zero-order chi connectivity index (χ0) is 20.8. The highest BCUT2D eigenvalue weighted by molar-refractivity contribution is 5.94. The van der Waals surface area contributed by atoms with Crippen LogP contribution in [-0.2, 0) is 11.2 Å². The number of benzene rings is 1. The number of piperidine rings is 1. The number of likely N-dealkylation sites (tertiary alicyclic amines) is 1. The van der Waals surface area contributed by atoms with Crippen LogP contribution in [0.5, 0.6) is 0 Å². The lowest BCUT2D eigenvalue weighted by Crippen LogP contribution is -2.44. The molecule has 1 aliphatic heterocycles. The number of hydrogen-bond donors (Lipinski definition) is 0. The highest BCUT2D eigenvalue weighted by Crippen LogP contribution is 2.27. The van der Waals surface area contributed by atoms with Gasteiger partial charge in [-0.2, -0.15) is 0 Å². The summed E-state index contributed by atoms with van der Waals surface area (Å²) in [6, 6.07) is 19.9. The third-order valence-corrected chi connectivity index (χ3v) is 5.94. The van der Waals surface area contributed by atoms with Gasteiger partial charge in [-0.1, -0.05) is 36.4 Å².